The zero-order valence-electron chi connectivity index (χ0n) is 16.7. The molecule has 1 aromatic heterocycles. The predicted octanol–water partition coefficient (Wildman–Crippen LogP) is 5.34. The molecule has 0 atom stereocenters. The number of nitrogens with one attached hydrogen (secondary N) is 2. The molecule has 2 aromatic carbocycles. The number of thiazole rings is 1. The Kier molecular flexibility index (Phi) is 7.02. The first kappa shape index (κ1) is 20.9. The molecular weight excluding hydrogens is 414 g/mol. The summed E-state index contributed by atoms with van der Waals surface area (Å²) in [6.45, 7) is 0.763. The minimum absolute atomic E-state index is 0.0203. The number of hydrogen-bond acceptors (Lipinski definition) is 5. The average molecular weight is 440 g/mol. The minimum Gasteiger partial charge on any atom is -0.355 e. The highest BCUT2D eigenvalue weighted by atomic mass is 32.2. The van der Waals surface area contributed by atoms with Crippen LogP contribution in [0.15, 0.2) is 53.4 Å². The molecule has 1 aliphatic carbocycles. The van der Waals surface area contributed by atoms with Gasteiger partial charge in [-0.1, -0.05) is 54.9 Å². The minimum atomic E-state index is -0.209. The molecule has 30 heavy (non-hydrogen) atoms. The molecule has 2 amide bonds. The van der Waals surface area contributed by atoms with E-state index in [4.69, 9.17) is 0 Å². The standard InChI is InChI=1S/C23H25N3O2S2/c27-21(24-14-16-8-2-1-3-9-16)15-29-19-12-6-4-10-17(19)22(28)26-23-25-18-11-5-7-13-20(18)30-23/h4-7,10-13,16H,1-3,8-9,14-15H2,(H,24,27)(H,25,26,28). The lowest BCUT2D eigenvalue weighted by atomic mass is 9.89. The molecular formula is C23H25N3O2S2. The molecule has 1 fully saturated rings. The van der Waals surface area contributed by atoms with Gasteiger partial charge in [-0.3, -0.25) is 14.9 Å². The van der Waals surface area contributed by atoms with Crippen molar-refractivity contribution in [3.8, 4) is 0 Å². The van der Waals surface area contributed by atoms with Crippen molar-refractivity contribution in [1.29, 1.82) is 0 Å². The topological polar surface area (TPSA) is 71.1 Å². The second-order valence-electron chi connectivity index (χ2n) is 7.53. The Bertz CT molecular complexity index is 995. The molecule has 1 aliphatic rings. The van der Waals surface area contributed by atoms with E-state index in [1.807, 2.05) is 42.5 Å². The van der Waals surface area contributed by atoms with Gasteiger partial charge in [-0.2, -0.15) is 0 Å². The number of benzene rings is 2. The van der Waals surface area contributed by atoms with Gasteiger partial charge in [0.05, 0.1) is 21.5 Å². The van der Waals surface area contributed by atoms with Crippen molar-refractivity contribution < 1.29 is 9.59 Å². The van der Waals surface area contributed by atoms with Crippen molar-refractivity contribution in [3.63, 3.8) is 0 Å². The van der Waals surface area contributed by atoms with Crippen LogP contribution in [0.5, 0.6) is 0 Å². The van der Waals surface area contributed by atoms with Crippen LogP contribution in [-0.4, -0.2) is 29.1 Å². The number of carbonyl (C=O) groups excluding carboxylic acids is 2. The Balaban J connectivity index is 1.34. The van der Waals surface area contributed by atoms with E-state index in [1.165, 1.54) is 55.2 Å². The van der Waals surface area contributed by atoms with Gasteiger partial charge in [-0.25, -0.2) is 4.98 Å². The largest absolute Gasteiger partial charge is 0.355 e. The Labute approximate surface area is 184 Å². The number of anilines is 1. The SMILES string of the molecule is O=C(CSc1ccccc1C(=O)Nc1nc2ccccc2s1)NCC1CCCCC1. The third-order valence-electron chi connectivity index (χ3n) is 5.32. The fourth-order valence-electron chi connectivity index (χ4n) is 3.71. The van der Waals surface area contributed by atoms with E-state index in [-0.39, 0.29) is 11.8 Å². The van der Waals surface area contributed by atoms with Crippen molar-refractivity contribution in [2.45, 2.75) is 37.0 Å². The van der Waals surface area contributed by atoms with Crippen LogP contribution in [-0.2, 0) is 4.79 Å². The van der Waals surface area contributed by atoms with E-state index in [2.05, 4.69) is 15.6 Å². The summed E-state index contributed by atoms with van der Waals surface area (Å²) >= 11 is 2.85. The summed E-state index contributed by atoms with van der Waals surface area (Å²) in [7, 11) is 0. The average Bonchev–Trinajstić information content (AvgIpc) is 3.19. The van der Waals surface area contributed by atoms with E-state index < -0.39 is 0 Å². The second kappa shape index (κ2) is 10.1. The van der Waals surface area contributed by atoms with Gasteiger partial charge in [-0.05, 0) is 43.0 Å². The number of rotatable bonds is 7. The van der Waals surface area contributed by atoms with Crippen LogP contribution in [0, 0.1) is 5.92 Å². The number of para-hydroxylation sites is 1. The Hall–Kier alpha value is -2.38. The van der Waals surface area contributed by atoms with Crippen molar-refractivity contribution in [3.05, 3.63) is 54.1 Å². The maximum absolute atomic E-state index is 12.8. The number of aromatic nitrogens is 1. The molecule has 1 heterocycles. The Morgan fingerprint density at radius 1 is 1.03 bits per heavy atom. The summed E-state index contributed by atoms with van der Waals surface area (Å²) in [5.74, 6) is 0.726. The van der Waals surface area contributed by atoms with Crippen LogP contribution in [0.25, 0.3) is 10.2 Å². The molecule has 3 aromatic rings. The molecule has 1 saturated carbocycles. The van der Waals surface area contributed by atoms with Crippen LogP contribution in [0.1, 0.15) is 42.5 Å². The molecule has 4 rings (SSSR count). The highest BCUT2D eigenvalue weighted by molar-refractivity contribution is 8.00. The first-order chi connectivity index (χ1) is 14.7. The van der Waals surface area contributed by atoms with Gasteiger partial charge < -0.3 is 5.32 Å². The summed E-state index contributed by atoms with van der Waals surface area (Å²) in [4.78, 5) is 30.4. The van der Waals surface area contributed by atoms with Crippen molar-refractivity contribution >= 4 is 50.3 Å². The number of thioether (sulfide) groups is 1. The van der Waals surface area contributed by atoms with E-state index in [0.717, 1.165) is 21.7 Å². The summed E-state index contributed by atoms with van der Waals surface area (Å²) < 4.78 is 1.03. The second-order valence-corrected chi connectivity index (χ2v) is 9.58. The van der Waals surface area contributed by atoms with E-state index in [9.17, 15) is 9.59 Å². The maximum atomic E-state index is 12.8. The number of hydrogen-bond donors (Lipinski definition) is 2. The molecule has 7 heteroatoms. The fourth-order valence-corrected chi connectivity index (χ4v) is 5.45. The molecule has 5 nitrogen and oxygen atoms in total. The fraction of sp³-hybridized carbons (Fsp3) is 0.348. The van der Waals surface area contributed by atoms with Crippen LogP contribution in [0.3, 0.4) is 0 Å². The Morgan fingerprint density at radius 2 is 1.80 bits per heavy atom. The van der Waals surface area contributed by atoms with Gasteiger partial charge in [0.1, 0.15) is 0 Å². The first-order valence-electron chi connectivity index (χ1n) is 10.3. The zero-order chi connectivity index (χ0) is 20.8. The lowest BCUT2D eigenvalue weighted by Crippen LogP contribution is -2.31. The molecule has 0 radical (unpaired) electrons. The third-order valence-corrected chi connectivity index (χ3v) is 7.34. The smallest absolute Gasteiger partial charge is 0.258 e. The van der Waals surface area contributed by atoms with E-state index in [0.29, 0.717) is 22.4 Å². The third kappa shape index (κ3) is 5.40. The van der Waals surface area contributed by atoms with Crippen LogP contribution in [0.2, 0.25) is 0 Å². The summed E-state index contributed by atoms with van der Waals surface area (Å²) in [5, 5.41) is 6.53. The van der Waals surface area contributed by atoms with Gasteiger partial charge >= 0.3 is 0 Å². The molecule has 0 spiro atoms. The van der Waals surface area contributed by atoms with Gasteiger partial charge in [0.15, 0.2) is 5.13 Å². The highest BCUT2D eigenvalue weighted by Gasteiger charge is 2.17. The highest BCUT2D eigenvalue weighted by Crippen LogP contribution is 2.28. The lowest BCUT2D eigenvalue weighted by Gasteiger charge is -2.21. The van der Waals surface area contributed by atoms with E-state index >= 15 is 0 Å². The summed E-state index contributed by atoms with van der Waals surface area (Å²) in [5.41, 5.74) is 1.43. The molecule has 2 N–H and O–H groups in total. The van der Waals surface area contributed by atoms with Crippen molar-refractivity contribution in [2.24, 2.45) is 5.92 Å². The number of fused-ring (bicyclic) bond motifs is 1. The molecule has 0 unspecified atom stereocenters. The quantitative estimate of drug-likeness (QED) is 0.488. The van der Waals surface area contributed by atoms with Gasteiger partial charge in [0.2, 0.25) is 5.91 Å². The van der Waals surface area contributed by atoms with Gasteiger partial charge in [0.25, 0.3) is 5.91 Å². The van der Waals surface area contributed by atoms with Gasteiger partial charge in [0, 0.05) is 11.4 Å². The monoisotopic (exact) mass is 439 g/mol. The van der Waals surface area contributed by atoms with Crippen LogP contribution < -0.4 is 10.6 Å². The number of carbonyl (C=O) groups is 2. The van der Waals surface area contributed by atoms with Crippen LogP contribution >= 0.6 is 23.1 Å². The van der Waals surface area contributed by atoms with Crippen LogP contribution in [0.4, 0.5) is 5.13 Å². The Morgan fingerprint density at radius 3 is 2.63 bits per heavy atom. The van der Waals surface area contributed by atoms with Crippen molar-refractivity contribution in [1.82, 2.24) is 10.3 Å². The predicted molar refractivity (Wildman–Crippen MR) is 124 cm³/mol. The number of amides is 2. The zero-order valence-corrected chi connectivity index (χ0v) is 18.4. The van der Waals surface area contributed by atoms with Crippen molar-refractivity contribution in [2.75, 3.05) is 17.6 Å². The number of nitrogens with zero attached hydrogens (tertiary/aromatic N) is 1. The van der Waals surface area contributed by atoms with Gasteiger partial charge in [-0.15, -0.1) is 11.8 Å². The summed E-state index contributed by atoms with van der Waals surface area (Å²) in [6, 6.07) is 15.2. The lowest BCUT2D eigenvalue weighted by molar-refractivity contribution is -0.118. The molecule has 156 valence electrons. The molecule has 0 saturated heterocycles. The molecule has 0 aliphatic heterocycles. The normalized spacial score (nSPS) is 14.5. The first-order valence-corrected chi connectivity index (χ1v) is 12.1. The van der Waals surface area contributed by atoms with E-state index in [1.54, 1.807) is 6.07 Å². The summed E-state index contributed by atoms with van der Waals surface area (Å²) in [6.07, 6.45) is 6.28. The maximum Gasteiger partial charge on any atom is 0.258 e. The molecule has 0 bridgehead atoms.